The van der Waals surface area contributed by atoms with E-state index in [1.54, 1.807) is 13.0 Å². The average Bonchev–Trinajstić information content (AvgIpc) is 3.47. The fraction of sp³-hybridized carbons (Fsp3) is 0.440. The van der Waals surface area contributed by atoms with Crippen molar-refractivity contribution >= 4 is 22.8 Å². The van der Waals surface area contributed by atoms with Gasteiger partial charge in [-0.15, -0.1) is 0 Å². The van der Waals surface area contributed by atoms with Crippen LogP contribution in [0.25, 0.3) is 22.3 Å². The first-order valence-corrected chi connectivity index (χ1v) is 11.9. The zero-order valence-electron chi connectivity index (χ0n) is 19.4. The summed E-state index contributed by atoms with van der Waals surface area (Å²) in [6.07, 6.45) is 5.67. The van der Waals surface area contributed by atoms with Crippen molar-refractivity contribution < 1.29 is 23.8 Å². The number of aromatic amines is 1. The van der Waals surface area contributed by atoms with Gasteiger partial charge in [-0.3, -0.25) is 9.59 Å². The molecule has 2 atom stereocenters. The van der Waals surface area contributed by atoms with Gasteiger partial charge in [0, 0.05) is 23.3 Å². The van der Waals surface area contributed by atoms with Gasteiger partial charge in [-0.2, -0.15) is 0 Å². The molecular formula is C25H28FN5O4. The number of amides is 2. The zero-order valence-corrected chi connectivity index (χ0v) is 19.4. The Morgan fingerprint density at radius 2 is 1.94 bits per heavy atom. The fourth-order valence-corrected chi connectivity index (χ4v) is 4.68. The molecule has 0 saturated heterocycles. The summed E-state index contributed by atoms with van der Waals surface area (Å²) in [5.74, 6) is -0.0266. The van der Waals surface area contributed by atoms with Crippen molar-refractivity contribution in [3.05, 3.63) is 41.6 Å². The number of benzene rings is 1. The number of aromatic nitrogens is 3. The normalized spacial score (nSPS) is 19.6. The van der Waals surface area contributed by atoms with Crippen LogP contribution >= 0.6 is 0 Å². The molecule has 2 amide bonds. The first-order valence-electron chi connectivity index (χ1n) is 11.9. The summed E-state index contributed by atoms with van der Waals surface area (Å²) < 4.78 is 20.2. The number of aliphatic hydroxyl groups is 1. The summed E-state index contributed by atoms with van der Waals surface area (Å²) in [6, 6.07) is 4.17. The SMILES string of the molecule is Cc1[nH]c2c(-c3cc(F)ccc3OCC3CC3)ncnc2c1C(=O)NC1CCC(NC(=O)CO)C1. The van der Waals surface area contributed by atoms with Crippen molar-refractivity contribution in [3.8, 4) is 17.0 Å². The molecule has 2 heterocycles. The van der Waals surface area contributed by atoms with Crippen molar-refractivity contribution in [2.24, 2.45) is 5.92 Å². The van der Waals surface area contributed by atoms with Gasteiger partial charge in [-0.25, -0.2) is 14.4 Å². The van der Waals surface area contributed by atoms with E-state index in [2.05, 4.69) is 25.6 Å². The third-order valence-corrected chi connectivity index (χ3v) is 6.64. The number of halogens is 1. The summed E-state index contributed by atoms with van der Waals surface area (Å²) in [4.78, 5) is 36.7. The highest BCUT2D eigenvalue weighted by Gasteiger charge is 2.29. The molecule has 2 aliphatic carbocycles. The van der Waals surface area contributed by atoms with E-state index >= 15 is 0 Å². The van der Waals surface area contributed by atoms with Crippen molar-refractivity contribution in [3.63, 3.8) is 0 Å². The number of aliphatic hydroxyl groups excluding tert-OH is 1. The van der Waals surface area contributed by atoms with E-state index in [-0.39, 0.29) is 18.0 Å². The zero-order chi connectivity index (χ0) is 24.5. The van der Waals surface area contributed by atoms with E-state index in [0.29, 0.717) is 58.2 Å². The Balaban J connectivity index is 1.41. The molecule has 5 rings (SSSR count). The third-order valence-electron chi connectivity index (χ3n) is 6.64. The van der Waals surface area contributed by atoms with Crippen LogP contribution in [-0.4, -0.2) is 57.2 Å². The fourth-order valence-electron chi connectivity index (χ4n) is 4.68. The standard InChI is InChI=1S/C25H28FN5O4/c1-13-21(25(34)31-17-6-5-16(9-17)30-20(33)10-32)23-24(29-13)22(27-12-28-23)18-8-15(26)4-7-19(18)35-11-14-2-3-14/h4,7-8,12,14,16-17,29,32H,2-3,5-6,9-11H2,1H3,(H,30,33)(H,31,34). The lowest BCUT2D eigenvalue weighted by molar-refractivity contribution is -0.124. The monoisotopic (exact) mass is 481 g/mol. The Bertz CT molecular complexity index is 1270. The van der Waals surface area contributed by atoms with E-state index in [1.807, 2.05) is 0 Å². The summed E-state index contributed by atoms with van der Waals surface area (Å²) in [6.45, 7) is 1.81. The van der Waals surface area contributed by atoms with Crippen molar-refractivity contribution in [2.45, 2.75) is 51.1 Å². The molecule has 2 unspecified atom stereocenters. The van der Waals surface area contributed by atoms with Crippen LogP contribution in [0.15, 0.2) is 24.5 Å². The minimum absolute atomic E-state index is 0.0834. The van der Waals surface area contributed by atoms with Gasteiger partial charge in [0.05, 0.1) is 17.7 Å². The summed E-state index contributed by atoms with van der Waals surface area (Å²) >= 11 is 0. The minimum Gasteiger partial charge on any atom is -0.493 e. The van der Waals surface area contributed by atoms with Gasteiger partial charge in [-0.05, 0) is 63.1 Å². The van der Waals surface area contributed by atoms with Gasteiger partial charge in [0.1, 0.15) is 35.7 Å². The van der Waals surface area contributed by atoms with Crippen LogP contribution in [0, 0.1) is 18.7 Å². The molecule has 2 aromatic heterocycles. The van der Waals surface area contributed by atoms with Crippen LogP contribution in [0.4, 0.5) is 4.39 Å². The van der Waals surface area contributed by atoms with Crippen molar-refractivity contribution in [1.29, 1.82) is 0 Å². The van der Waals surface area contributed by atoms with Crippen molar-refractivity contribution in [1.82, 2.24) is 25.6 Å². The lowest BCUT2D eigenvalue weighted by atomic mass is 10.1. The Labute approximate surface area is 201 Å². The Hall–Kier alpha value is -3.53. The van der Waals surface area contributed by atoms with Gasteiger partial charge in [0.2, 0.25) is 5.91 Å². The lowest BCUT2D eigenvalue weighted by Crippen LogP contribution is -2.38. The molecular weight excluding hydrogens is 453 g/mol. The Morgan fingerprint density at radius 1 is 1.17 bits per heavy atom. The molecule has 35 heavy (non-hydrogen) atoms. The van der Waals surface area contributed by atoms with Crippen LogP contribution in [0.3, 0.4) is 0 Å². The summed E-state index contributed by atoms with van der Waals surface area (Å²) in [5, 5.41) is 14.7. The topological polar surface area (TPSA) is 129 Å². The number of hydrogen-bond donors (Lipinski definition) is 4. The maximum Gasteiger partial charge on any atom is 0.255 e. The van der Waals surface area contributed by atoms with Gasteiger partial charge >= 0.3 is 0 Å². The number of fused-ring (bicyclic) bond motifs is 1. The van der Waals surface area contributed by atoms with E-state index in [9.17, 15) is 14.0 Å². The van der Waals surface area contributed by atoms with Gasteiger partial charge in [0.15, 0.2) is 0 Å². The molecule has 9 nitrogen and oxygen atoms in total. The molecule has 2 saturated carbocycles. The third kappa shape index (κ3) is 4.97. The highest BCUT2D eigenvalue weighted by Crippen LogP contribution is 2.37. The highest BCUT2D eigenvalue weighted by atomic mass is 19.1. The number of nitrogens with zero attached hydrogens (tertiary/aromatic N) is 2. The largest absolute Gasteiger partial charge is 0.493 e. The lowest BCUT2D eigenvalue weighted by Gasteiger charge is -2.14. The second-order valence-corrected chi connectivity index (χ2v) is 9.37. The minimum atomic E-state index is -0.553. The molecule has 0 bridgehead atoms. The number of hydrogen-bond acceptors (Lipinski definition) is 6. The molecule has 0 spiro atoms. The van der Waals surface area contributed by atoms with Crippen LogP contribution in [0.5, 0.6) is 5.75 Å². The molecule has 184 valence electrons. The van der Waals surface area contributed by atoms with E-state index in [1.165, 1.54) is 18.5 Å². The molecule has 1 aromatic carbocycles. The van der Waals surface area contributed by atoms with E-state index < -0.39 is 18.3 Å². The first-order chi connectivity index (χ1) is 16.9. The summed E-state index contributed by atoms with van der Waals surface area (Å²) in [7, 11) is 0. The molecule has 3 aromatic rings. The maximum absolute atomic E-state index is 14.2. The van der Waals surface area contributed by atoms with Crippen molar-refractivity contribution in [2.75, 3.05) is 13.2 Å². The van der Waals surface area contributed by atoms with Crippen LogP contribution < -0.4 is 15.4 Å². The molecule has 2 fully saturated rings. The van der Waals surface area contributed by atoms with E-state index in [4.69, 9.17) is 9.84 Å². The number of H-pyrrole nitrogens is 1. The Kier molecular flexibility index (Phi) is 6.38. The average molecular weight is 482 g/mol. The molecule has 0 aliphatic heterocycles. The van der Waals surface area contributed by atoms with Crippen LogP contribution in [-0.2, 0) is 4.79 Å². The molecule has 10 heteroatoms. The number of aryl methyl sites for hydroxylation is 1. The Morgan fingerprint density at radius 3 is 2.69 bits per heavy atom. The second-order valence-electron chi connectivity index (χ2n) is 9.37. The number of ether oxygens (including phenoxy) is 1. The smallest absolute Gasteiger partial charge is 0.255 e. The predicted octanol–water partition coefficient (Wildman–Crippen LogP) is 2.62. The number of rotatable bonds is 8. The van der Waals surface area contributed by atoms with E-state index in [0.717, 1.165) is 25.7 Å². The number of nitrogens with one attached hydrogen (secondary N) is 3. The molecule has 0 radical (unpaired) electrons. The number of carbonyl (C=O) groups is 2. The van der Waals surface area contributed by atoms with Gasteiger partial charge < -0.3 is 25.5 Å². The number of carbonyl (C=O) groups excluding carboxylic acids is 2. The second kappa shape index (κ2) is 9.61. The first kappa shape index (κ1) is 23.2. The summed E-state index contributed by atoms with van der Waals surface area (Å²) in [5.41, 5.74) is 2.99. The quantitative estimate of drug-likeness (QED) is 0.392. The van der Waals surface area contributed by atoms with Crippen LogP contribution in [0.2, 0.25) is 0 Å². The highest BCUT2D eigenvalue weighted by molar-refractivity contribution is 6.09. The maximum atomic E-state index is 14.2. The molecule has 2 aliphatic rings. The van der Waals surface area contributed by atoms with Gasteiger partial charge in [0.25, 0.3) is 5.91 Å². The molecule has 4 N–H and O–H groups in total. The predicted molar refractivity (Wildman–Crippen MR) is 126 cm³/mol. The van der Waals surface area contributed by atoms with Gasteiger partial charge in [-0.1, -0.05) is 0 Å². The van der Waals surface area contributed by atoms with Crippen LogP contribution in [0.1, 0.15) is 48.2 Å².